The van der Waals surface area contributed by atoms with Crippen LogP contribution in [0.4, 0.5) is 0 Å². The van der Waals surface area contributed by atoms with Gasteiger partial charge < -0.3 is 9.26 Å². The molecular weight excluding hydrogens is 182 g/mol. The molecule has 0 N–H and O–H groups in total. The van der Waals surface area contributed by atoms with E-state index in [9.17, 15) is 4.79 Å². The summed E-state index contributed by atoms with van der Waals surface area (Å²) in [7, 11) is 0. The minimum Gasteiger partial charge on any atom is -0.450 e. The molecule has 1 rings (SSSR count). The molecule has 0 atom stereocenters. The van der Waals surface area contributed by atoms with E-state index in [4.69, 9.17) is 4.74 Å². The second kappa shape index (κ2) is 3.97. The SMILES string of the molecule is CC(C)(C)OC(=O)C#Cc1cnoc1. The molecule has 1 aromatic rings. The Balaban J connectivity index is 2.57. The first-order valence-corrected chi connectivity index (χ1v) is 4.12. The van der Waals surface area contributed by atoms with Crippen LogP contribution in [0.3, 0.4) is 0 Å². The zero-order valence-corrected chi connectivity index (χ0v) is 8.33. The van der Waals surface area contributed by atoms with Crippen LogP contribution in [-0.4, -0.2) is 16.7 Å². The normalized spacial score (nSPS) is 10.2. The summed E-state index contributed by atoms with van der Waals surface area (Å²) < 4.78 is 9.52. The summed E-state index contributed by atoms with van der Waals surface area (Å²) in [6, 6.07) is 0. The third kappa shape index (κ3) is 3.76. The predicted molar refractivity (Wildman–Crippen MR) is 49.2 cm³/mol. The highest BCUT2D eigenvalue weighted by molar-refractivity contribution is 5.89. The Hall–Kier alpha value is -1.76. The number of carbonyl (C=O) groups is 1. The molecule has 1 aromatic heterocycles. The van der Waals surface area contributed by atoms with E-state index in [0.717, 1.165) is 0 Å². The van der Waals surface area contributed by atoms with Gasteiger partial charge in [-0.1, -0.05) is 5.16 Å². The van der Waals surface area contributed by atoms with Crippen LogP contribution in [0.5, 0.6) is 0 Å². The standard InChI is InChI=1S/C10H11NO3/c1-10(2,3)14-9(12)5-4-8-6-11-13-7-8/h6-7H,1-3H3. The van der Waals surface area contributed by atoms with Crippen molar-refractivity contribution >= 4 is 5.97 Å². The quantitative estimate of drug-likeness (QED) is 0.461. The fourth-order valence-corrected chi connectivity index (χ4v) is 0.693. The van der Waals surface area contributed by atoms with E-state index >= 15 is 0 Å². The largest absolute Gasteiger partial charge is 0.450 e. The average Bonchev–Trinajstić information content (AvgIpc) is 2.49. The minimum absolute atomic E-state index is 0.513. The molecule has 14 heavy (non-hydrogen) atoms. The van der Waals surface area contributed by atoms with Crippen LogP contribution in [-0.2, 0) is 9.53 Å². The van der Waals surface area contributed by atoms with Gasteiger partial charge in [0.05, 0.1) is 11.8 Å². The van der Waals surface area contributed by atoms with Gasteiger partial charge in [-0.05, 0) is 26.7 Å². The number of rotatable bonds is 0. The fourth-order valence-electron chi connectivity index (χ4n) is 0.693. The van der Waals surface area contributed by atoms with Gasteiger partial charge in [-0.3, -0.25) is 0 Å². The van der Waals surface area contributed by atoms with E-state index in [1.54, 1.807) is 20.8 Å². The number of hydrogen-bond acceptors (Lipinski definition) is 4. The van der Waals surface area contributed by atoms with Crippen molar-refractivity contribution in [1.29, 1.82) is 0 Å². The summed E-state index contributed by atoms with van der Waals surface area (Å²) in [6.07, 6.45) is 2.79. The van der Waals surface area contributed by atoms with Gasteiger partial charge in [-0.25, -0.2) is 4.79 Å². The lowest BCUT2D eigenvalue weighted by atomic mass is 10.2. The van der Waals surface area contributed by atoms with Gasteiger partial charge in [0.2, 0.25) is 0 Å². The summed E-state index contributed by atoms with van der Waals surface area (Å²) >= 11 is 0. The van der Waals surface area contributed by atoms with Crippen molar-refractivity contribution < 1.29 is 14.1 Å². The first-order valence-electron chi connectivity index (χ1n) is 4.12. The second-order valence-corrected chi connectivity index (χ2v) is 3.67. The number of nitrogens with zero attached hydrogens (tertiary/aromatic N) is 1. The van der Waals surface area contributed by atoms with Gasteiger partial charge in [0.15, 0.2) is 0 Å². The van der Waals surface area contributed by atoms with Crippen molar-refractivity contribution in [2.24, 2.45) is 0 Å². The minimum atomic E-state index is -0.557. The third-order valence-corrected chi connectivity index (χ3v) is 1.14. The van der Waals surface area contributed by atoms with Crippen molar-refractivity contribution in [3.8, 4) is 11.8 Å². The van der Waals surface area contributed by atoms with Crippen molar-refractivity contribution in [3.05, 3.63) is 18.0 Å². The monoisotopic (exact) mass is 193 g/mol. The first-order chi connectivity index (χ1) is 6.47. The summed E-state index contributed by atoms with van der Waals surface area (Å²) in [4.78, 5) is 11.1. The molecule has 0 spiro atoms. The molecule has 0 aliphatic rings. The van der Waals surface area contributed by atoms with Crippen LogP contribution in [0.1, 0.15) is 26.3 Å². The van der Waals surface area contributed by atoms with Crippen molar-refractivity contribution in [1.82, 2.24) is 5.16 Å². The molecule has 0 amide bonds. The Kier molecular flexibility index (Phi) is 2.92. The van der Waals surface area contributed by atoms with Crippen LogP contribution < -0.4 is 0 Å². The van der Waals surface area contributed by atoms with Crippen molar-refractivity contribution in [2.75, 3.05) is 0 Å². The molecule has 1 heterocycles. The summed E-state index contributed by atoms with van der Waals surface area (Å²) in [5.41, 5.74) is 0.0382. The van der Waals surface area contributed by atoms with E-state index in [-0.39, 0.29) is 0 Å². The molecule has 74 valence electrons. The highest BCUT2D eigenvalue weighted by Crippen LogP contribution is 2.06. The van der Waals surface area contributed by atoms with Crippen molar-refractivity contribution in [3.63, 3.8) is 0 Å². The molecule has 0 saturated heterocycles. The molecule has 0 fully saturated rings. The Bertz CT molecular complexity index is 362. The van der Waals surface area contributed by atoms with Crippen LogP contribution in [0.2, 0.25) is 0 Å². The molecule has 0 aliphatic heterocycles. The maximum atomic E-state index is 11.1. The van der Waals surface area contributed by atoms with Crippen LogP contribution in [0, 0.1) is 11.8 Å². The zero-order chi connectivity index (χ0) is 10.6. The highest BCUT2D eigenvalue weighted by atomic mass is 16.6. The fraction of sp³-hybridized carbons (Fsp3) is 0.400. The second-order valence-electron chi connectivity index (χ2n) is 3.67. The van der Waals surface area contributed by atoms with Gasteiger partial charge >= 0.3 is 5.97 Å². The van der Waals surface area contributed by atoms with Crippen LogP contribution in [0.25, 0.3) is 0 Å². The maximum Gasteiger partial charge on any atom is 0.385 e. The Morgan fingerprint density at radius 3 is 2.79 bits per heavy atom. The lowest BCUT2D eigenvalue weighted by Crippen LogP contribution is -2.22. The molecule has 4 heteroatoms. The predicted octanol–water partition coefficient (Wildman–Crippen LogP) is 1.37. The van der Waals surface area contributed by atoms with E-state index < -0.39 is 11.6 Å². The zero-order valence-electron chi connectivity index (χ0n) is 8.33. The third-order valence-electron chi connectivity index (χ3n) is 1.14. The molecule has 0 aromatic carbocycles. The van der Waals surface area contributed by atoms with Crippen LogP contribution in [0.15, 0.2) is 17.0 Å². The molecular formula is C10H11NO3. The van der Waals surface area contributed by atoms with Gasteiger partial charge in [0, 0.05) is 5.92 Å². The number of aromatic nitrogens is 1. The number of carbonyl (C=O) groups excluding carboxylic acids is 1. The number of ether oxygens (including phenoxy) is 1. The van der Waals surface area contributed by atoms with Gasteiger partial charge in [-0.15, -0.1) is 0 Å². The molecule has 0 aliphatic carbocycles. The van der Waals surface area contributed by atoms with Crippen molar-refractivity contribution in [2.45, 2.75) is 26.4 Å². The Morgan fingerprint density at radius 1 is 1.57 bits per heavy atom. The lowest BCUT2D eigenvalue weighted by Gasteiger charge is -2.16. The molecule has 0 unspecified atom stereocenters. The number of hydrogen-bond donors (Lipinski definition) is 0. The number of esters is 1. The molecule has 0 saturated carbocycles. The summed E-state index contributed by atoms with van der Waals surface area (Å²) in [5.74, 6) is 4.34. The Labute approximate surface area is 82.2 Å². The maximum absolute atomic E-state index is 11.1. The smallest absolute Gasteiger partial charge is 0.385 e. The summed E-state index contributed by atoms with van der Waals surface area (Å²) in [6.45, 7) is 5.35. The molecule has 0 bridgehead atoms. The summed E-state index contributed by atoms with van der Waals surface area (Å²) in [5, 5.41) is 3.45. The average molecular weight is 193 g/mol. The molecule has 0 radical (unpaired) electrons. The van der Waals surface area contributed by atoms with Crippen LogP contribution >= 0.6 is 0 Å². The lowest BCUT2D eigenvalue weighted by molar-refractivity contribution is -0.147. The molecule has 4 nitrogen and oxygen atoms in total. The van der Waals surface area contributed by atoms with Gasteiger partial charge in [0.25, 0.3) is 0 Å². The van der Waals surface area contributed by atoms with Gasteiger partial charge in [0.1, 0.15) is 11.9 Å². The topological polar surface area (TPSA) is 52.3 Å². The highest BCUT2D eigenvalue weighted by Gasteiger charge is 2.14. The first kappa shape index (κ1) is 10.3. The Morgan fingerprint density at radius 2 is 2.29 bits per heavy atom. The van der Waals surface area contributed by atoms with E-state index in [0.29, 0.717) is 5.56 Å². The van der Waals surface area contributed by atoms with E-state index in [1.807, 2.05) is 0 Å². The van der Waals surface area contributed by atoms with Gasteiger partial charge in [-0.2, -0.15) is 0 Å². The van der Waals surface area contributed by atoms with E-state index in [1.165, 1.54) is 12.5 Å². The van der Waals surface area contributed by atoms with E-state index in [2.05, 4.69) is 21.5 Å².